The van der Waals surface area contributed by atoms with Crippen LogP contribution in [-0.2, 0) is 15.1 Å². The molecule has 1 fully saturated rings. The molecule has 0 N–H and O–H groups in total. The standard InChI is InChI=1S/C22H29BO4S/c1-21(2)22(3,4)28(15-16-10-12-19(25-5)13-11-16)23(27-21)18-9-7-8-17(14-18)20(24)26-6/h7-14,28H,15H2,1-6H3. The van der Waals surface area contributed by atoms with Crippen molar-refractivity contribution in [2.75, 3.05) is 14.2 Å². The Labute approximate surface area is 170 Å². The van der Waals surface area contributed by atoms with Gasteiger partial charge >= 0.3 is 12.2 Å². The molecule has 150 valence electrons. The van der Waals surface area contributed by atoms with E-state index >= 15 is 0 Å². The van der Waals surface area contributed by atoms with Gasteiger partial charge in [-0.1, -0.05) is 38.1 Å². The Bertz CT molecular complexity index is 848. The van der Waals surface area contributed by atoms with Crippen molar-refractivity contribution in [3.63, 3.8) is 0 Å². The van der Waals surface area contributed by atoms with Crippen molar-refractivity contribution in [1.82, 2.24) is 0 Å². The second-order valence-corrected chi connectivity index (χ2v) is 11.0. The Balaban J connectivity index is 1.97. The number of carbonyl (C=O) groups is 1. The monoisotopic (exact) mass is 400 g/mol. The van der Waals surface area contributed by atoms with Crippen molar-refractivity contribution in [3.8, 4) is 5.75 Å². The maximum absolute atomic E-state index is 12.0. The van der Waals surface area contributed by atoms with Crippen molar-refractivity contribution in [3.05, 3.63) is 59.7 Å². The summed E-state index contributed by atoms with van der Waals surface area (Å²) in [4.78, 5) is 12.0. The van der Waals surface area contributed by atoms with E-state index in [4.69, 9.17) is 14.1 Å². The summed E-state index contributed by atoms with van der Waals surface area (Å²) in [6, 6.07) is 15.9. The first kappa shape index (κ1) is 20.8. The van der Waals surface area contributed by atoms with Crippen LogP contribution in [0.25, 0.3) is 0 Å². The number of methoxy groups -OCH3 is 2. The number of hydrogen-bond donors (Lipinski definition) is 1. The zero-order valence-electron chi connectivity index (χ0n) is 17.5. The van der Waals surface area contributed by atoms with Crippen LogP contribution in [0.2, 0.25) is 0 Å². The van der Waals surface area contributed by atoms with Crippen molar-refractivity contribution in [2.45, 2.75) is 43.8 Å². The van der Waals surface area contributed by atoms with Crippen LogP contribution in [0.1, 0.15) is 43.6 Å². The van der Waals surface area contributed by atoms with E-state index in [1.54, 1.807) is 13.2 Å². The summed E-state index contributed by atoms with van der Waals surface area (Å²) >= 11 is 0. The minimum absolute atomic E-state index is 0.00813. The van der Waals surface area contributed by atoms with Gasteiger partial charge in [-0.15, -0.1) is 0 Å². The molecule has 0 saturated carbocycles. The Kier molecular flexibility index (Phi) is 5.83. The summed E-state index contributed by atoms with van der Waals surface area (Å²) in [7, 11) is 2.53. The van der Waals surface area contributed by atoms with E-state index in [0.29, 0.717) is 5.56 Å². The lowest BCUT2D eigenvalue weighted by Gasteiger charge is -2.40. The normalized spacial score (nSPS) is 21.4. The zero-order chi connectivity index (χ0) is 20.5. The second-order valence-electron chi connectivity index (χ2n) is 8.13. The number of hydrogen-bond acceptors (Lipinski definition) is 4. The molecule has 0 aliphatic carbocycles. The van der Waals surface area contributed by atoms with Gasteiger partial charge in [0.15, 0.2) is 0 Å². The molecule has 2 aromatic carbocycles. The van der Waals surface area contributed by atoms with Gasteiger partial charge in [0.05, 0.1) is 25.4 Å². The van der Waals surface area contributed by atoms with Gasteiger partial charge in [-0.2, -0.15) is 0 Å². The van der Waals surface area contributed by atoms with Crippen molar-refractivity contribution >= 4 is 28.4 Å². The molecule has 0 aromatic heterocycles. The van der Waals surface area contributed by atoms with Crippen LogP contribution < -0.4 is 10.2 Å². The number of benzene rings is 2. The summed E-state index contributed by atoms with van der Waals surface area (Å²) in [5.41, 5.74) is 2.61. The average molecular weight is 400 g/mol. The summed E-state index contributed by atoms with van der Waals surface area (Å²) in [5.74, 6) is 1.49. The van der Waals surface area contributed by atoms with Gasteiger partial charge in [-0.25, -0.2) is 15.5 Å². The molecule has 4 nitrogen and oxygen atoms in total. The van der Waals surface area contributed by atoms with Gasteiger partial charge in [0.1, 0.15) is 5.75 Å². The topological polar surface area (TPSA) is 44.8 Å². The molecule has 1 heterocycles. The van der Waals surface area contributed by atoms with Crippen LogP contribution in [-0.4, -0.2) is 36.7 Å². The first-order valence-corrected chi connectivity index (χ1v) is 11.0. The van der Waals surface area contributed by atoms with Crippen LogP contribution in [0.4, 0.5) is 0 Å². The second kappa shape index (κ2) is 7.84. The van der Waals surface area contributed by atoms with E-state index in [1.807, 2.05) is 24.3 Å². The van der Waals surface area contributed by atoms with Gasteiger partial charge < -0.3 is 14.1 Å². The van der Waals surface area contributed by atoms with Crippen LogP contribution in [0.3, 0.4) is 0 Å². The van der Waals surface area contributed by atoms with E-state index < -0.39 is 10.7 Å². The van der Waals surface area contributed by atoms with Crippen molar-refractivity contribution < 1.29 is 18.9 Å². The molecule has 1 aliphatic rings. The number of rotatable bonds is 5. The third-order valence-corrected chi connectivity index (χ3v) is 9.64. The third kappa shape index (κ3) is 3.80. The molecular weight excluding hydrogens is 371 g/mol. The fourth-order valence-electron chi connectivity index (χ4n) is 3.52. The first-order valence-electron chi connectivity index (χ1n) is 9.45. The Hall–Kier alpha value is -1.92. The van der Waals surface area contributed by atoms with E-state index in [2.05, 4.69) is 45.9 Å². The number of esters is 1. The van der Waals surface area contributed by atoms with Gasteiger partial charge in [-0.3, -0.25) is 0 Å². The third-order valence-electron chi connectivity index (χ3n) is 5.99. The molecule has 1 atom stereocenters. The number of ether oxygens (including phenoxy) is 2. The van der Waals surface area contributed by atoms with Crippen LogP contribution >= 0.6 is 10.7 Å². The SMILES string of the molecule is COC(=O)c1cccc(B2OC(C)(C)C(C)(C)[SH]2Cc2ccc(OC)cc2)c1. The Morgan fingerprint density at radius 1 is 1.07 bits per heavy atom. The van der Waals surface area contributed by atoms with E-state index in [9.17, 15) is 4.79 Å². The lowest BCUT2D eigenvalue weighted by atomic mass is 9.83. The number of thiol groups is 1. The lowest BCUT2D eigenvalue weighted by Crippen LogP contribution is -2.40. The predicted octanol–water partition coefficient (Wildman–Crippen LogP) is 3.97. The summed E-state index contributed by atoms with van der Waals surface area (Å²) < 4.78 is 16.8. The molecule has 2 aromatic rings. The van der Waals surface area contributed by atoms with Crippen LogP contribution in [0.15, 0.2) is 48.5 Å². The zero-order valence-corrected chi connectivity index (χ0v) is 18.4. The summed E-state index contributed by atoms with van der Waals surface area (Å²) in [6.45, 7) is 8.93. The van der Waals surface area contributed by atoms with Gasteiger partial charge in [0, 0.05) is 4.75 Å². The average Bonchev–Trinajstić information content (AvgIpc) is 2.87. The van der Waals surface area contributed by atoms with Gasteiger partial charge in [-0.05, 0) is 54.9 Å². The molecule has 0 bridgehead atoms. The fourth-order valence-corrected chi connectivity index (χ4v) is 6.93. The molecular formula is C22H29BO4S. The molecule has 3 rings (SSSR count). The molecule has 28 heavy (non-hydrogen) atoms. The van der Waals surface area contributed by atoms with Gasteiger partial charge in [0.2, 0.25) is 0 Å². The maximum Gasteiger partial charge on any atom is 0.379 e. The quantitative estimate of drug-likeness (QED) is 0.469. The summed E-state index contributed by atoms with van der Waals surface area (Å²) in [6.07, 6.45) is -0.0355. The molecule has 0 radical (unpaired) electrons. The Morgan fingerprint density at radius 3 is 2.36 bits per heavy atom. The maximum atomic E-state index is 12.0. The minimum atomic E-state index is -0.557. The van der Waals surface area contributed by atoms with Crippen molar-refractivity contribution in [1.29, 1.82) is 0 Å². The highest BCUT2D eigenvalue weighted by molar-refractivity contribution is 8.41. The highest BCUT2D eigenvalue weighted by atomic mass is 32.2. The van der Waals surface area contributed by atoms with E-state index in [1.165, 1.54) is 12.7 Å². The first-order chi connectivity index (χ1) is 13.2. The Morgan fingerprint density at radius 2 is 1.75 bits per heavy atom. The molecule has 0 amide bonds. The fraction of sp³-hybridized carbons (Fsp3) is 0.409. The van der Waals surface area contributed by atoms with Crippen molar-refractivity contribution in [2.24, 2.45) is 0 Å². The molecule has 6 heteroatoms. The highest BCUT2D eigenvalue weighted by Gasteiger charge is 2.55. The van der Waals surface area contributed by atoms with Crippen LogP contribution in [0, 0.1) is 0 Å². The van der Waals surface area contributed by atoms with Crippen LogP contribution in [0.5, 0.6) is 5.75 Å². The molecule has 1 aliphatic heterocycles. The molecule has 0 spiro atoms. The highest BCUT2D eigenvalue weighted by Crippen LogP contribution is 2.58. The van der Waals surface area contributed by atoms with E-state index in [-0.39, 0.29) is 22.5 Å². The van der Waals surface area contributed by atoms with E-state index in [0.717, 1.165) is 17.0 Å². The smallest absolute Gasteiger partial charge is 0.379 e. The van der Waals surface area contributed by atoms with Gasteiger partial charge in [0.25, 0.3) is 0 Å². The minimum Gasteiger partial charge on any atom is -0.497 e. The predicted molar refractivity (Wildman–Crippen MR) is 118 cm³/mol. The summed E-state index contributed by atoms with van der Waals surface area (Å²) in [5, 5.41) is 0. The lowest BCUT2D eigenvalue weighted by molar-refractivity contribution is 0.0601. The molecule has 1 saturated heterocycles. The number of carbonyl (C=O) groups excluding carboxylic acids is 1. The largest absolute Gasteiger partial charge is 0.497 e. The molecule has 1 unspecified atom stereocenters.